The third kappa shape index (κ3) is 4.67. The summed E-state index contributed by atoms with van der Waals surface area (Å²) < 4.78 is 18.0. The van der Waals surface area contributed by atoms with Crippen molar-refractivity contribution in [1.29, 1.82) is 0 Å². The molecule has 0 bridgehead atoms. The Morgan fingerprint density at radius 1 is 0.742 bits per heavy atom. The van der Waals surface area contributed by atoms with Crippen LogP contribution in [0.15, 0.2) is 78.0 Å². The molecule has 0 aliphatic rings. The zero-order valence-corrected chi connectivity index (χ0v) is 18.4. The van der Waals surface area contributed by atoms with Crippen molar-refractivity contribution in [2.45, 2.75) is 10.9 Å². The number of aromatic nitrogens is 3. The molecular formula is C24H23N3O3S. The van der Waals surface area contributed by atoms with Gasteiger partial charge in [-0.05, 0) is 66.2 Å². The van der Waals surface area contributed by atoms with Gasteiger partial charge >= 0.3 is 0 Å². The first-order valence-corrected chi connectivity index (χ1v) is 10.7. The molecule has 0 radical (unpaired) electrons. The summed E-state index contributed by atoms with van der Waals surface area (Å²) in [6.07, 6.45) is 0. The minimum Gasteiger partial charge on any atom is -0.497 e. The van der Waals surface area contributed by atoms with Gasteiger partial charge in [0.1, 0.15) is 17.2 Å². The van der Waals surface area contributed by atoms with Crippen LogP contribution in [-0.2, 0) is 5.75 Å². The Labute approximate surface area is 185 Å². The summed E-state index contributed by atoms with van der Waals surface area (Å²) in [7, 11) is 4.99. The largest absolute Gasteiger partial charge is 0.497 e. The Bertz CT molecular complexity index is 1140. The maximum atomic E-state index is 5.34. The topological polar surface area (TPSA) is 58.4 Å². The van der Waals surface area contributed by atoms with E-state index in [9.17, 15) is 0 Å². The maximum Gasteiger partial charge on any atom is 0.196 e. The van der Waals surface area contributed by atoms with Gasteiger partial charge in [0.05, 0.1) is 21.3 Å². The van der Waals surface area contributed by atoms with Crippen molar-refractivity contribution < 1.29 is 14.2 Å². The van der Waals surface area contributed by atoms with Gasteiger partial charge in [0.25, 0.3) is 0 Å². The van der Waals surface area contributed by atoms with Gasteiger partial charge in [-0.1, -0.05) is 23.9 Å². The number of methoxy groups -OCH3 is 3. The molecule has 7 heteroatoms. The van der Waals surface area contributed by atoms with Gasteiger partial charge in [-0.15, -0.1) is 10.2 Å². The summed E-state index contributed by atoms with van der Waals surface area (Å²) in [5.74, 6) is 3.95. The summed E-state index contributed by atoms with van der Waals surface area (Å²) in [5.41, 5.74) is 3.07. The molecule has 0 amide bonds. The first-order chi connectivity index (χ1) is 15.2. The molecule has 0 spiro atoms. The predicted octanol–water partition coefficient (Wildman–Crippen LogP) is 5.25. The molecule has 1 heterocycles. The summed E-state index contributed by atoms with van der Waals surface area (Å²) >= 11 is 1.63. The number of hydrogen-bond acceptors (Lipinski definition) is 6. The molecule has 0 aliphatic carbocycles. The zero-order chi connectivity index (χ0) is 21.6. The van der Waals surface area contributed by atoms with E-state index >= 15 is 0 Å². The Morgan fingerprint density at radius 2 is 1.39 bits per heavy atom. The van der Waals surface area contributed by atoms with Crippen LogP contribution in [0.3, 0.4) is 0 Å². The molecule has 4 aromatic rings. The number of ether oxygens (including phenoxy) is 3. The standard InChI is InChI=1S/C24H23N3O3S/c1-28-20-11-7-18(8-12-20)23-25-26-24(27(23)19-9-13-21(29-2)14-10-19)31-16-17-5-4-6-22(15-17)30-3/h4-15H,16H2,1-3H3. The van der Waals surface area contributed by atoms with Crippen LogP contribution in [-0.4, -0.2) is 36.1 Å². The maximum absolute atomic E-state index is 5.34. The SMILES string of the molecule is COc1ccc(-c2nnc(SCc3cccc(OC)c3)n2-c2ccc(OC)cc2)cc1. The van der Waals surface area contributed by atoms with E-state index in [1.807, 2.05) is 66.7 Å². The van der Waals surface area contributed by atoms with E-state index in [0.717, 1.165) is 50.8 Å². The second-order valence-corrected chi connectivity index (χ2v) is 7.65. The summed E-state index contributed by atoms with van der Waals surface area (Å²) in [5, 5.41) is 9.80. The van der Waals surface area contributed by atoms with Gasteiger partial charge in [-0.2, -0.15) is 0 Å². The monoisotopic (exact) mass is 433 g/mol. The fourth-order valence-corrected chi connectivity index (χ4v) is 4.06. The van der Waals surface area contributed by atoms with E-state index in [0.29, 0.717) is 0 Å². The van der Waals surface area contributed by atoms with Crippen LogP contribution in [0.1, 0.15) is 5.56 Å². The highest BCUT2D eigenvalue weighted by Crippen LogP contribution is 2.31. The lowest BCUT2D eigenvalue weighted by molar-refractivity contribution is 0.414. The van der Waals surface area contributed by atoms with Crippen molar-refractivity contribution in [3.8, 4) is 34.3 Å². The number of thioether (sulfide) groups is 1. The van der Waals surface area contributed by atoms with E-state index in [-0.39, 0.29) is 0 Å². The van der Waals surface area contributed by atoms with Crippen molar-refractivity contribution in [2.24, 2.45) is 0 Å². The molecule has 0 fully saturated rings. The Morgan fingerprint density at radius 3 is 2.03 bits per heavy atom. The Kier molecular flexibility index (Phi) is 6.43. The summed E-state index contributed by atoms with van der Waals surface area (Å²) in [4.78, 5) is 0. The van der Waals surface area contributed by atoms with Gasteiger partial charge in [0.15, 0.2) is 11.0 Å². The van der Waals surface area contributed by atoms with Crippen LogP contribution in [0.4, 0.5) is 0 Å². The van der Waals surface area contributed by atoms with Crippen molar-refractivity contribution in [1.82, 2.24) is 14.8 Å². The lowest BCUT2D eigenvalue weighted by atomic mass is 10.2. The minimum absolute atomic E-state index is 0.744. The third-order valence-electron chi connectivity index (χ3n) is 4.81. The van der Waals surface area contributed by atoms with Gasteiger partial charge in [-0.3, -0.25) is 4.57 Å². The van der Waals surface area contributed by atoms with Gasteiger partial charge in [0.2, 0.25) is 0 Å². The number of nitrogens with zero attached hydrogens (tertiary/aromatic N) is 3. The molecule has 0 aliphatic heterocycles. The summed E-state index contributed by atoms with van der Waals surface area (Å²) in [6, 6.07) is 23.7. The van der Waals surface area contributed by atoms with Crippen LogP contribution in [0.5, 0.6) is 17.2 Å². The third-order valence-corrected chi connectivity index (χ3v) is 5.81. The molecule has 0 saturated heterocycles. The number of benzene rings is 3. The molecule has 0 atom stereocenters. The van der Waals surface area contributed by atoms with Crippen molar-refractivity contribution >= 4 is 11.8 Å². The quantitative estimate of drug-likeness (QED) is 0.354. The molecule has 4 rings (SSSR count). The van der Waals surface area contributed by atoms with Crippen molar-refractivity contribution in [3.63, 3.8) is 0 Å². The molecule has 0 N–H and O–H groups in total. The highest BCUT2D eigenvalue weighted by atomic mass is 32.2. The molecule has 1 aromatic heterocycles. The number of rotatable bonds is 8. The van der Waals surface area contributed by atoms with Crippen LogP contribution in [0.2, 0.25) is 0 Å². The predicted molar refractivity (Wildman–Crippen MR) is 122 cm³/mol. The van der Waals surface area contributed by atoms with E-state index < -0.39 is 0 Å². The van der Waals surface area contributed by atoms with Gasteiger partial charge in [-0.25, -0.2) is 0 Å². The first-order valence-electron chi connectivity index (χ1n) is 9.72. The fraction of sp³-hybridized carbons (Fsp3) is 0.167. The molecular weight excluding hydrogens is 410 g/mol. The average molecular weight is 434 g/mol. The number of hydrogen-bond donors (Lipinski definition) is 0. The molecule has 3 aromatic carbocycles. The lowest BCUT2D eigenvalue weighted by Gasteiger charge is -2.12. The smallest absolute Gasteiger partial charge is 0.196 e. The average Bonchev–Trinajstić information content (AvgIpc) is 3.27. The highest BCUT2D eigenvalue weighted by molar-refractivity contribution is 7.98. The van der Waals surface area contributed by atoms with Crippen LogP contribution < -0.4 is 14.2 Å². The second-order valence-electron chi connectivity index (χ2n) is 6.71. The molecule has 0 saturated carbocycles. The highest BCUT2D eigenvalue weighted by Gasteiger charge is 2.17. The van der Waals surface area contributed by atoms with Crippen LogP contribution in [0.25, 0.3) is 17.1 Å². The minimum atomic E-state index is 0.744. The first kappa shape index (κ1) is 20.8. The molecule has 0 unspecified atom stereocenters. The van der Waals surface area contributed by atoms with Gasteiger partial charge in [0, 0.05) is 17.0 Å². The second kappa shape index (κ2) is 9.57. The zero-order valence-electron chi connectivity index (χ0n) is 17.6. The molecule has 6 nitrogen and oxygen atoms in total. The van der Waals surface area contributed by atoms with Crippen LogP contribution >= 0.6 is 11.8 Å². The molecule has 31 heavy (non-hydrogen) atoms. The van der Waals surface area contributed by atoms with E-state index in [1.165, 1.54) is 0 Å². The van der Waals surface area contributed by atoms with E-state index in [2.05, 4.69) is 20.8 Å². The van der Waals surface area contributed by atoms with E-state index in [4.69, 9.17) is 14.2 Å². The lowest BCUT2D eigenvalue weighted by Crippen LogP contribution is -2.00. The molecule has 158 valence electrons. The van der Waals surface area contributed by atoms with E-state index in [1.54, 1.807) is 33.1 Å². The Balaban J connectivity index is 1.70. The van der Waals surface area contributed by atoms with Crippen molar-refractivity contribution in [3.05, 3.63) is 78.4 Å². The van der Waals surface area contributed by atoms with Crippen LogP contribution in [0, 0.1) is 0 Å². The van der Waals surface area contributed by atoms with Crippen molar-refractivity contribution in [2.75, 3.05) is 21.3 Å². The normalized spacial score (nSPS) is 10.7. The summed E-state index contributed by atoms with van der Waals surface area (Å²) in [6.45, 7) is 0. The fourth-order valence-electron chi connectivity index (χ4n) is 3.16. The van der Waals surface area contributed by atoms with Gasteiger partial charge < -0.3 is 14.2 Å². The Hall–Kier alpha value is -3.45.